The lowest BCUT2D eigenvalue weighted by molar-refractivity contribution is 0.292. The molecule has 0 radical (unpaired) electrons. The van der Waals surface area contributed by atoms with Crippen LogP contribution >= 0.6 is 0 Å². The van der Waals surface area contributed by atoms with E-state index in [0.29, 0.717) is 12.5 Å². The molecule has 100 valence electrons. The number of hydrogen-bond acceptors (Lipinski definition) is 5. The highest BCUT2D eigenvalue weighted by Gasteiger charge is 2.39. The first-order valence-corrected chi connectivity index (χ1v) is 6.66. The maximum Gasteiger partial charge on any atom is 0.228 e. The van der Waals surface area contributed by atoms with Gasteiger partial charge in [-0.15, -0.1) is 0 Å². The monoisotopic (exact) mass is 250 g/mol. The SMILES string of the molecule is CCCOc1ccnc(N2CC(N)(CCC)C2)n1. The van der Waals surface area contributed by atoms with Gasteiger partial charge in [0.1, 0.15) is 0 Å². The average molecular weight is 250 g/mol. The average Bonchev–Trinajstić information content (AvgIpc) is 2.34. The molecule has 0 aliphatic carbocycles. The molecule has 0 amide bonds. The minimum absolute atomic E-state index is 0.0572. The quantitative estimate of drug-likeness (QED) is 0.830. The van der Waals surface area contributed by atoms with E-state index in [-0.39, 0.29) is 5.54 Å². The van der Waals surface area contributed by atoms with Gasteiger partial charge in [-0.2, -0.15) is 4.98 Å². The number of anilines is 1. The zero-order chi connectivity index (χ0) is 13.0. The van der Waals surface area contributed by atoms with Crippen LogP contribution in [0.15, 0.2) is 12.3 Å². The van der Waals surface area contributed by atoms with E-state index in [1.54, 1.807) is 12.3 Å². The molecule has 0 atom stereocenters. The number of aromatic nitrogens is 2. The van der Waals surface area contributed by atoms with E-state index in [1.165, 1.54) is 0 Å². The maximum absolute atomic E-state index is 6.23. The summed E-state index contributed by atoms with van der Waals surface area (Å²) in [5.41, 5.74) is 6.17. The lowest BCUT2D eigenvalue weighted by atomic mass is 9.87. The second kappa shape index (κ2) is 5.52. The number of hydrogen-bond donors (Lipinski definition) is 1. The number of ether oxygens (including phenoxy) is 1. The smallest absolute Gasteiger partial charge is 0.228 e. The molecule has 0 saturated carbocycles. The minimum atomic E-state index is -0.0572. The summed E-state index contributed by atoms with van der Waals surface area (Å²) in [5, 5.41) is 0. The molecule has 1 aromatic heterocycles. The van der Waals surface area contributed by atoms with Crippen molar-refractivity contribution in [2.45, 2.75) is 38.6 Å². The van der Waals surface area contributed by atoms with Crippen molar-refractivity contribution in [3.63, 3.8) is 0 Å². The van der Waals surface area contributed by atoms with Crippen LogP contribution in [0.4, 0.5) is 5.95 Å². The Balaban J connectivity index is 1.94. The summed E-state index contributed by atoms with van der Waals surface area (Å²) in [5.74, 6) is 1.37. The number of nitrogens with two attached hydrogens (primary N) is 1. The van der Waals surface area contributed by atoms with Gasteiger partial charge in [-0.25, -0.2) is 4.98 Å². The van der Waals surface area contributed by atoms with Crippen molar-refractivity contribution < 1.29 is 4.74 Å². The first-order chi connectivity index (χ1) is 8.67. The molecular weight excluding hydrogens is 228 g/mol. The van der Waals surface area contributed by atoms with Gasteiger partial charge >= 0.3 is 0 Å². The van der Waals surface area contributed by atoms with E-state index >= 15 is 0 Å². The van der Waals surface area contributed by atoms with Crippen molar-refractivity contribution in [1.82, 2.24) is 9.97 Å². The van der Waals surface area contributed by atoms with Crippen LogP contribution in [0, 0.1) is 0 Å². The van der Waals surface area contributed by atoms with Crippen molar-refractivity contribution >= 4 is 5.95 Å². The molecular formula is C13H22N4O. The zero-order valence-electron chi connectivity index (χ0n) is 11.2. The summed E-state index contributed by atoms with van der Waals surface area (Å²) in [6.45, 7) is 6.58. The molecule has 0 spiro atoms. The van der Waals surface area contributed by atoms with Crippen molar-refractivity contribution in [2.24, 2.45) is 5.73 Å². The van der Waals surface area contributed by atoms with Crippen LogP contribution in [0.1, 0.15) is 33.1 Å². The van der Waals surface area contributed by atoms with E-state index in [1.807, 2.05) is 0 Å². The Morgan fingerprint density at radius 3 is 2.83 bits per heavy atom. The second-order valence-electron chi connectivity index (χ2n) is 5.01. The molecule has 2 N–H and O–H groups in total. The Hall–Kier alpha value is -1.36. The van der Waals surface area contributed by atoms with E-state index in [9.17, 15) is 0 Å². The molecule has 1 saturated heterocycles. The highest BCUT2D eigenvalue weighted by Crippen LogP contribution is 2.27. The van der Waals surface area contributed by atoms with Crippen LogP contribution in [0.5, 0.6) is 5.88 Å². The molecule has 1 aromatic rings. The van der Waals surface area contributed by atoms with Crippen LogP contribution in [-0.4, -0.2) is 35.2 Å². The highest BCUT2D eigenvalue weighted by atomic mass is 16.5. The van der Waals surface area contributed by atoms with Gasteiger partial charge in [-0.05, 0) is 12.8 Å². The molecule has 5 nitrogen and oxygen atoms in total. The summed E-state index contributed by atoms with van der Waals surface area (Å²) >= 11 is 0. The molecule has 0 unspecified atom stereocenters. The summed E-state index contributed by atoms with van der Waals surface area (Å²) < 4.78 is 5.51. The first-order valence-electron chi connectivity index (χ1n) is 6.66. The van der Waals surface area contributed by atoms with Crippen molar-refractivity contribution in [1.29, 1.82) is 0 Å². The highest BCUT2D eigenvalue weighted by molar-refractivity contribution is 5.39. The van der Waals surface area contributed by atoms with Crippen molar-refractivity contribution in [3.05, 3.63) is 12.3 Å². The lowest BCUT2D eigenvalue weighted by Crippen LogP contribution is -2.67. The minimum Gasteiger partial charge on any atom is -0.478 e. The van der Waals surface area contributed by atoms with Gasteiger partial charge in [0, 0.05) is 25.4 Å². The lowest BCUT2D eigenvalue weighted by Gasteiger charge is -2.47. The Kier molecular flexibility index (Phi) is 4.01. The van der Waals surface area contributed by atoms with Gasteiger partial charge in [0.25, 0.3) is 0 Å². The van der Waals surface area contributed by atoms with Gasteiger partial charge in [-0.1, -0.05) is 20.3 Å². The van der Waals surface area contributed by atoms with Gasteiger partial charge in [0.2, 0.25) is 11.8 Å². The first kappa shape index (κ1) is 13.1. The van der Waals surface area contributed by atoms with Crippen LogP contribution < -0.4 is 15.4 Å². The van der Waals surface area contributed by atoms with Crippen molar-refractivity contribution in [3.8, 4) is 5.88 Å². The largest absolute Gasteiger partial charge is 0.478 e. The molecule has 1 fully saturated rings. The van der Waals surface area contributed by atoms with Crippen LogP contribution in [-0.2, 0) is 0 Å². The third-order valence-electron chi connectivity index (χ3n) is 3.11. The fourth-order valence-electron chi connectivity index (χ4n) is 2.28. The standard InChI is InChI=1S/C13H22N4O/c1-3-6-13(14)9-17(10-13)12-15-7-5-11(16-12)18-8-4-2/h5,7H,3-4,6,8-10,14H2,1-2H3. The zero-order valence-corrected chi connectivity index (χ0v) is 11.2. The molecule has 18 heavy (non-hydrogen) atoms. The molecule has 0 aromatic carbocycles. The van der Waals surface area contributed by atoms with Crippen LogP contribution in [0.3, 0.4) is 0 Å². The van der Waals surface area contributed by atoms with Crippen LogP contribution in [0.2, 0.25) is 0 Å². The molecule has 1 aliphatic heterocycles. The van der Waals surface area contributed by atoms with Crippen molar-refractivity contribution in [2.75, 3.05) is 24.6 Å². The third kappa shape index (κ3) is 2.90. The Bertz CT molecular complexity index is 390. The molecule has 2 heterocycles. The van der Waals surface area contributed by atoms with E-state index < -0.39 is 0 Å². The fraction of sp³-hybridized carbons (Fsp3) is 0.692. The van der Waals surface area contributed by atoms with E-state index in [0.717, 1.165) is 38.3 Å². The summed E-state index contributed by atoms with van der Waals surface area (Å²) in [4.78, 5) is 10.8. The Morgan fingerprint density at radius 1 is 1.39 bits per heavy atom. The summed E-state index contributed by atoms with van der Waals surface area (Å²) in [6.07, 6.45) is 4.88. The van der Waals surface area contributed by atoms with Gasteiger partial charge in [0.05, 0.1) is 12.1 Å². The topological polar surface area (TPSA) is 64.3 Å². The Labute approximate surface area is 108 Å². The molecule has 5 heteroatoms. The summed E-state index contributed by atoms with van der Waals surface area (Å²) in [6, 6.07) is 1.79. The maximum atomic E-state index is 6.23. The van der Waals surface area contributed by atoms with E-state index in [4.69, 9.17) is 10.5 Å². The number of rotatable bonds is 6. The summed E-state index contributed by atoms with van der Waals surface area (Å²) in [7, 11) is 0. The third-order valence-corrected chi connectivity index (χ3v) is 3.11. The van der Waals surface area contributed by atoms with Gasteiger partial charge in [0.15, 0.2) is 0 Å². The molecule has 1 aliphatic rings. The molecule has 2 rings (SSSR count). The predicted octanol–water partition coefficient (Wildman–Crippen LogP) is 1.58. The fourth-order valence-corrected chi connectivity index (χ4v) is 2.28. The predicted molar refractivity (Wildman–Crippen MR) is 71.9 cm³/mol. The normalized spacial score (nSPS) is 17.4. The van der Waals surface area contributed by atoms with Gasteiger partial charge in [-0.3, -0.25) is 0 Å². The number of nitrogens with zero attached hydrogens (tertiary/aromatic N) is 3. The second-order valence-corrected chi connectivity index (χ2v) is 5.01. The van der Waals surface area contributed by atoms with E-state index in [2.05, 4.69) is 28.7 Å². The van der Waals surface area contributed by atoms with Crippen LogP contribution in [0.25, 0.3) is 0 Å². The Morgan fingerprint density at radius 2 is 2.17 bits per heavy atom. The van der Waals surface area contributed by atoms with Gasteiger partial charge < -0.3 is 15.4 Å². The molecule has 0 bridgehead atoms.